The van der Waals surface area contributed by atoms with E-state index in [2.05, 4.69) is 21.6 Å². The van der Waals surface area contributed by atoms with Crippen LogP contribution < -0.4 is 10.6 Å². The zero-order valence-corrected chi connectivity index (χ0v) is 20.6. The van der Waals surface area contributed by atoms with Gasteiger partial charge in [-0.2, -0.15) is 13.2 Å². The first-order valence-corrected chi connectivity index (χ1v) is 13.1. The van der Waals surface area contributed by atoms with Gasteiger partial charge in [0.25, 0.3) is 0 Å². The van der Waals surface area contributed by atoms with Crippen molar-refractivity contribution in [2.45, 2.75) is 44.9 Å². The molecule has 0 spiro atoms. The highest BCUT2D eigenvalue weighted by atomic mass is 19.4. The van der Waals surface area contributed by atoms with Gasteiger partial charge in [-0.25, -0.2) is 0 Å². The zero-order chi connectivity index (χ0) is 25.1. The normalized spacial score (nSPS) is 20.2. The predicted molar refractivity (Wildman–Crippen MR) is 134 cm³/mol. The van der Waals surface area contributed by atoms with Gasteiger partial charge in [-0.1, -0.05) is 30.3 Å². The van der Waals surface area contributed by atoms with Gasteiger partial charge in [0.05, 0.1) is 12.1 Å². The first-order valence-electron chi connectivity index (χ1n) is 13.1. The smallest absolute Gasteiger partial charge is 0.376 e. The fourth-order valence-electron chi connectivity index (χ4n) is 5.51. The number of anilines is 1. The van der Waals surface area contributed by atoms with Crippen LogP contribution in [0.1, 0.15) is 41.5 Å². The average molecular weight is 501 g/mol. The molecule has 2 heterocycles. The van der Waals surface area contributed by atoms with E-state index in [1.54, 1.807) is 11.0 Å². The molecule has 0 radical (unpaired) electrons. The Morgan fingerprint density at radius 2 is 1.92 bits per heavy atom. The van der Waals surface area contributed by atoms with E-state index in [0.717, 1.165) is 56.7 Å². The SMILES string of the molecule is O=C(CNc1cccc2c1CCN(CC1CC1)C2)N(Cc1ccccc1C(F)(F)F)CC1CCNC1. The quantitative estimate of drug-likeness (QED) is 0.532. The minimum absolute atomic E-state index is 0.0459. The van der Waals surface area contributed by atoms with Crippen molar-refractivity contribution >= 4 is 11.6 Å². The maximum Gasteiger partial charge on any atom is 0.416 e. The zero-order valence-electron chi connectivity index (χ0n) is 20.6. The molecule has 2 fully saturated rings. The van der Waals surface area contributed by atoms with Crippen LogP contribution in [0.2, 0.25) is 0 Å². The molecule has 1 aliphatic carbocycles. The van der Waals surface area contributed by atoms with E-state index in [-0.39, 0.29) is 30.5 Å². The third-order valence-electron chi connectivity index (χ3n) is 7.67. The van der Waals surface area contributed by atoms with Gasteiger partial charge in [-0.15, -0.1) is 0 Å². The van der Waals surface area contributed by atoms with Crippen molar-refractivity contribution < 1.29 is 18.0 Å². The van der Waals surface area contributed by atoms with Crippen LogP contribution in [0, 0.1) is 11.8 Å². The van der Waals surface area contributed by atoms with Gasteiger partial charge in [0.2, 0.25) is 5.91 Å². The first kappa shape index (κ1) is 25.1. The Hall–Kier alpha value is -2.58. The lowest BCUT2D eigenvalue weighted by atomic mass is 9.97. The standard InChI is InChI=1S/C28H35F3N4O/c29-28(30,31)25-6-2-1-4-23(25)19-35(17-21-10-12-32-14-21)27(36)15-33-26-7-3-5-22-18-34(13-11-24(22)26)16-20-8-9-20/h1-7,20-21,32-33H,8-19H2. The summed E-state index contributed by atoms with van der Waals surface area (Å²) in [6, 6.07) is 11.8. The van der Waals surface area contributed by atoms with E-state index in [9.17, 15) is 18.0 Å². The van der Waals surface area contributed by atoms with Crippen molar-refractivity contribution in [3.63, 3.8) is 0 Å². The number of hydrogen-bond donors (Lipinski definition) is 2. The minimum Gasteiger partial charge on any atom is -0.376 e. The topological polar surface area (TPSA) is 47.6 Å². The number of carbonyl (C=O) groups excluding carboxylic acids is 1. The van der Waals surface area contributed by atoms with Gasteiger partial charge < -0.3 is 15.5 Å². The van der Waals surface area contributed by atoms with Crippen molar-refractivity contribution in [2.75, 3.05) is 44.6 Å². The first-order chi connectivity index (χ1) is 17.4. The van der Waals surface area contributed by atoms with E-state index >= 15 is 0 Å². The van der Waals surface area contributed by atoms with Crippen molar-refractivity contribution in [3.8, 4) is 0 Å². The Balaban J connectivity index is 1.27. The molecule has 2 aromatic carbocycles. The number of hydrogen-bond acceptors (Lipinski definition) is 4. The third kappa shape index (κ3) is 6.21. The Labute approximate surface area is 211 Å². The summed E-state index contributed by atoms with van der Waals surface area (Å²) in [6.07, 6.45) is 0.0916. The highest BCUT2D eigenvalue weighted by Gasteiger charge is 2.34. The summed E-state index contributed by atoms with van der Waals surface area (Å²) in [5.41, 5.74) is 2.98. The molecule has 0 aromatic heterocycles. The molecule has 5 rings (SSSR count). The second-order valence-electron chi connectivity index (χ2n) is 10.5. The molecule has 1 saturated carbocycles. The van der Waals surface area contributed by atoms with Gasteiger partial charge in [0, 0.05) is 38.4 Å². The Morgan fingerprint density at radius 1 is 1.08 bits per heavy atom. The van der Waals surface area contributed by atoms with E-state index in [4.69, 9.17) is 0 Å². The molecule has 36 heavy (non-hydrogen) atoms. The molecule has 5 nitrogen and oxygen atoms in total. The average Bonchev–Trinajstić information content (AvgIpc) is 3.52. The van der Waals surface area contributed by atoms with Crippen LogP contribution in [0.25, 0.3) is 0 Å². The highest BCUT2D eigenvalue weighted by molar-refractivity contribution is 5.81. The lowest BCUT2D eigenvalue weighted by Crippen LogP contribution is -2.39. The molecule has 0 bridgehead atoms. The summed E-state index contributed by atoms with van der Waals surface area (Å²) >= 11 is 0. The molecule has 3 aliphatic rings. The number of rotatable bonds is 9. The number of amides is 1. The molecule has 8 heteroatoms. The molecule has 2 aliphatic heterocycles. The second-order valence-corrected chi connectivity index (χ2v) is 10.5. The van der Waals surface area contributed by atoms with Gasteiger partial charge in [0.1, 0.15) is 0 Å². The van der Waals surface area contributed by atoms with E-state index in [1.165, 1.54) is 42.6 Å². The van der Waals surface area contributed by atoms with E-state index in [0.29, 0.717) is 6.54 Å². The number of nitrogens with zero attached hydrogens (tertiary/aromatic N) is 2. The molecular formula is C28H35F3N4O. The van der Waals surface area contributed by atoms with Crippen molar-refractivity contribution in [1.82, 2.24) is 15.1 Å². The van der Waals surface area contributed by atoms with Crippen LogP contribution in [0.3, 0.4) is 0 Å². The molecule has 1 unspecified atom stereocenters. The summed E-state index contributed by atoms with van der Waals surface area (Å²) < 4.78 is 40.8. The Morgan fingerprint density at radius 3 is 2.67 bits per heavy atom. The predicted octanol–water partition coefficient (Wildman–Crippen LogP) is 4.52. The fourth-order valence-corrected chi connectivity index (χ4v) is 5.51. The number of fused-ring (bicyclic) bond motifs is 1. The minimum atomic E-state index is -4.45. The molecule has 1 atom stereocenters. The Bertz CT molecular complexity index is 1060. The third-order valence-corrected chi connectivity index (χ3v) is 7.67. The van der Waals surface area contributed by atoms with Crippen LogP contribution in [0.15, 0.2) is 42.5 Å². The summed E-state index contributed by atoms with van der Waals surface area (Å²) in [4.78, 5) is 17.5. The maximum atomic E-state index is 13.6. The monoisotopic (exact) mass is 500 g/mol. The largest absolute Gasteiger partial charge is 0.416 e. The van der Waals surface area contributed by atoms with Gasteiger partial charge in [-0.05, 0) is 79.4 Å². The van der Waals surface area contributed by atoms with Gasteiger partial charge in [0.15, 0.2) is 0 Å². The van der Waals surface area contributed by atoms with Gasteiger partial charge in [-0.3, -0.25) is 9.69 Å². The van der Waals surface area contributed by atoms with E-state index in [1.807, 2.05) is 12.1 Å². The van der Waals surface area contributed by atoms with Crippen molar-refractivity contribution in [1.29, 1.82) is 0 Å². The van der Waals surface area contributed by atoms with Crippen LogP contribution in [0.5, 0.6) is 0 Å². The molecule has 1 saturated heterocycles. The maximum absolute atomic E-state index is 13.6. The second kappa shape index (κ2) is 10.8. The molecule has 194 valence electrons. The Kier molecular flexibility index (Phi) is 7.53. The number of halogens is 3. The molecule has 1 amide bonds. The lowest BCUT2D eigenvalue weighted by molar-refractivity contribution is -0.139. The summed E-state index contributed by atoms with van der Waals surface area (Å²) in [5, 5.41) is 6.62. The lowest BCUT2D eigenvalue weighted by Gasteiger charge is -2.31. The fraction of sp³-hybridized carbons (Fsp3) is 0.536. The molecular weight excluding hydrogens is 465 g/mol. The molecule has 2 aromatic rings. The van der Waals surface area contributed by atoms with Crippen molar-refractivity contribution in [3.05, 3.63) is 64.7 Å². The summed E-state index contributed by atoms with van der Waals surface area (Å²) in [6.45, 7) is 5.24. The number of alkyl halides is 3. The van der Waals surface area contributed by atoms with Crippen molar-refractivity contribution in [2.24, 2.45) is 11.8 Å². The summed E-state index contributed by atoms with van der Waals surface area (Å²) in [5.74, 6) is 0.922. The number of benzene rings is 2. The summed E-state index contributed by atoms with van der Waals surface area (Å²) in [7, 11) is 0. The van der Waals surface area contributed by atoms with Crippen LogP contribution in [0.4, 0.5) is 18.9 Å². The van der Waals surface area contributed by atoms with Crippen LogP contribution >= 0.6 is 0 Å². The van der Waals surface area contributed by atoms with Gasteiger partial charge >= 0.3 is 6.18 Å². The van der Waals surface area contributed by atoms with Crippen LogP contribution in [-0.4, -0.2) is 55.0 Å². The number of carbonyl (C=O) groups is 1. The van der Waals surface area contributed by atoms with Crippen LogP contribution in [-0.2, 0) is 30.5 Å². The molecule has 2 N–H and O–H groups in total. The number of nitrogens with one attached hydrogen (secondary N) is 2. The highest BCUT2D eigenvalue weighted by Crippen LogP contribution is 2.34. The van der Waals surface area contributed by atoms with E-state index < -0.39 is 11.7 Å².